The van der Waals surface area contributed by atoms with Crippen molar-refractivity contribution in [2.24, 2.45) is 0 Å². The van der Waals surface area contributed by atoms with E-state index in [0.717, 1.165) is 4.57 Å². The number of hydrogen-bond acceptors (Lipinski definition) is 5. The van der Waals surface area contributed by atoms with Gasteiger partial charge in [-0.15, -0.1) is 0 Å². The van der Waals surface area contributed by atoms with Crippen LogP contribution in [-0.2, 0) is 4.74 Å². The predicted molar refractivity (Wildman–Crippen MR) is 75.2 cm³/mol. The molecule has 1 aromatic heterocycles. The maximum Gasteiger partial charge on any atom is 0.330 e. The van der Waals surface area contributed by atoms with Crippen LogP contribution in [0, 0.1) is 0 Å². The first-order valence-corrected chi connectivity index (χ1v) is 6.75. The molecule has 2 rings (SSSR count). The van der Waals surface area contributed by atoms with E-state index >= 15 is 0 Å². The third kappa shape index (κ3) is 3.15. The van der Waals surface area contributed by atoms with Gasteiger partial charge in [-0.3, -0.25) is 14.3 Å². The van der Waals surface area contributed by atoms with Crippen molar-refractivity contribution in [3.8, 4) is 0 Å². The number of nitrogens with one attached hydrogen (secondary N) is 1. The number of aromatic nitrogens is 2. The Morgan fingerprint density at radius 2 is 2.15 bits per heavy atom. The normalized spacial score (nSPS) is 26.9. The molecule has 1 fully saturated rings. The van der Waals surface area contributed by atoms with Crippen molar-refractivity contribution >= 4 is 22.0 Å². The highest BCUT2D eigenvalue weighted by Gasteiger charge is 2.34. The van der Waals surface area contributed by atoms with Crippen molar-refractivity contribution in [2.75, 3.05) is 0 Å². The molecule has 8 heteroatoms. The second-order valence-electron chi connectivity index (χ2n) is 4.21. The van der Waals surface area contributed by atoms with Crippen LogP contribution in [0.1, 0.15) is 18.2 Å². The highest BCUT2D eigenvalue weighted by molar-refractivity contribution is 9.11. The molecule has 108 valence electrons. The molecule has 0 amide bonds. The SMILES string of the molecule is O=c1[nH]c(=O)n(C2CC(O)C(O)O2)cc1/C=C/C=C/Br. The van der Waals surface area contributed by atoms with Gasteiger partial charge in [0.15, 0.2) is 6.29 Å². The van der Waals surface area contributed by atoms with Gasteiger partial charge >= 0.3 is 5.69 Å². The molecule has 0 aliphatic carbocycles. The van der Waals surface area contributed by atoms with Gasteiger partial charge in [-0.2, -0.15) is 0 Å². The molecule has 0 spiro atoms. The van der Waals surface area contributed by atoms with Crippen LogP contribution in [0.4, 0.5) is 0 Å². The lowest BCUT2D eigenvalue weighted by Crippen LogP contribution is -2.33. The molecule has 7 nitrogen and oxygen atoms in total. The van der Waals surface area contributed by atoms with Crippen LogP contribution in [0.3, 0.4) is 0 Å². The average Bonchev–Trinajstić information content (AvgIpc) is 2.72. The van der Waals surface area contributed by atoms with Gasteiger partial charge in [-0.05, 0) is 11.1 Å². The van der Waals surface area contributed by atoms with E-state index in [2.05, 4.69) is 20.9 Å². The van der Waals surface area contributed by atoms with Crippen LogP contribution in [0.25, 0.3) is 6.08 Å². The number of allylic oxidation sites excluding steroid dienone is 2. The Labute approximate surface area is 122 Å². The van der Waals surface area contributed by atoms with E-state index in [4.69, 9.17) is 4.74 Å². The second-order valence-corrected chi connectivity index (χ2v) is 4.74. The number of aromatic amines is 1. The van der Waals surface area contributed by atoms with E-state index in [0.29, 0.717) is 0 Å². The van der Waals surface area contributed by atoms with Crippen LogP contribution >= 0.6 is 15.9 Å². The standard InChI is InChI=1S/C12H13BrN2O5/c13-4-2-1-3-7-6-15(12(19)14-10(7)17)9-5-8(16)11(18)20-9/h1-4,6,8-9,11,16,18H,5H2,(H,14,17,19)/b3-1+,4-2+. The van der Waals surface area contributed by atoms with Gasteiger partial charge in [0.1, 0.15) is 12.3 Å². The van der Waals surface area contributed by atoms with Gasteiger partial charge in [0.25, 0.3) is 5.56 Å². The van der Waals surface area contributed by atoms with Gasteiger partial charge in [0.2, 0.25) is 0 Å². The zero-order chi connectivity index (χ0) is 14.7. The van der Waals surface area contributed by atoms with Crippen LogP contribution in [-0.4, -0.2) is 32.2 Å². The first-order valence-electron chi connectivity index (χ1n) is 5.83. The van der Waals surface area contributed by atoms with E-state index in [9.17, 15) is 19.8 Å². The van der Waals surface area contributed by atoms with Gasteiger partial charge < -0.3 is 14.9 Å². The largest absolute Gasteiger partial charge is 0.388 e. The summed E-state index contributed by atoms with van der Waals surface area (Å²) in [5.74, 6) is 0. The van der Waals surface area contributed by atoms with Gasteiger partial charge in [0, 0.05) is 12.6 Å². The van der Waals surface area contributed by atoms with Gasteiger partial charge in [-0.25, -0.2) is 4.79 Å². The average molecular weight is 345 g/mol. The number of hydrogen-bond donors (Lipinski definition) is 3. The zero-order valence-electron chi connectivity index (χ0n) is 10.3. The summed E-state index contributed by atoms with van der Waals surface area (Å²) in [5, 5.41) is 18.8. The maximum atomic E-state index is 11.7. The van der Waals surface area contributed by atoms with E-state index in [-0.39, 0.29) is 12.0 Å². The first kappa shape index (κ1) is 14.9. The molecule has 20 heavy (non-hydrogen) atoms. The highest BCUT2D eigenvalue weighted by Crippen LogP contribution is 2.25. The zero-order valence-corrected chi connectivity index (χ0v) is 11.9. The van der Waals surface area contributed by atoms with Crippen molar-refractivity contribution in [1.82, 2.24) is 9.55 Å². The molecule has 0 saturated carbocycles. The minimum Gasteiger partial charge on any atom is -0.388 e. The number of halogens is 1. The van der Waals surface area contributed by atoms with E-state index in [1.807, 2.05) is 0 Å². The van der Waals surface area contributed by atoms with Crippen LogP contribution < -0.4 is 11.2 Å². The maximum absolute atomic E-state index is 11.7. The summed E-state index contributed by atoms with van der Waals surface area (Å²) in [6.07, 6.45) is 2.98. The fraction of sp³-hybridized carbons (Fsp3) is 0.333. The third-order valence-electron chi connectivity index (χ3n) is 2.83. The smallest absolute Gasteiger partial charge is 0.330 e. The Bertz CT molecular complexity index is 638. The molecule has 2 heterocycles. The summed E-state index contributed by atoms with van der Waals surface area (Å²) in [6.45, 7) is 0. The Kier molecular flexibility index (Phi) is 4.71. The van der Waals surface area contributed by atoms with E-state index < -0.39 is 29.9 Å². The number of ether oxygens (including phenoxy) is 1. The lowest BCUT2D eigenvalue weighted by molar-refractivity contribution is -0.142. The Morgan fingerprint density at radius 1 is 1.40 bits per heavy atom. The first-order chi connectivity index (χ1) is 9.52. The predicted octanol–water partition coefficient (Wildman–Crippen LogP) is 0.0566. The summed E-state index contributed by atoms with van der Waals surface area (Å²) in [5.41, 5.74) is -0.922. The van der Waals surface area contributed by atoms with Crippen LogP contribution in [0.2, 0.25) is 0 Å². The third-order valence-corrected chi connectivity index (χ3v) is 3.14. The molecule has 1 saturated heterocycles. The number of H-pyrrole nitrogens is 1. The van der Waals surface area contributed by atoms with Crippen molar-refractivity contribution in [1.29, 1.82) is 0 Å². The van der Waals surface area contributed by atoms with Crippen molar-refractivity contribution in [3.63, 3.8) is 0 Å². The molecule has 1 aliphatic rings. The summed E-state index contributed by atoms with van der Waals surface area (Å²) >= 11 is 3.09. The Hall–Kier alpha value is -1.48. The van der Waals surface area contributed by atoms with Crippen molar-refractivity contribution in [3.05, 3.63) is 49.7 Å². The lowest BCUT2D eigenvalue weighted by Gasteiger charge is -2.13. The molecule has 3 atom stereocenters. The summed E-state index contributed by atoms with van der Waals surface area (Å²) in [6, 6.07) is 0. The number of nitrogens with zero attached hydrogens (tertiary/aromatic N) is 1. The molecular formula is C12H13BrN2O5. The fourth-order valence-electron chi connectivity index (χ4n) is 1.84. The Morgan fingerprint density at radius 3 is 2.75 bits per heavy atom. The summed E-state index contributed by atoms with van der Waals surface area (Å²) < 4.78 is 6.20. The number of rotatable bonds is 3. The molecular weight excluding hydrogens is 332 g/mol. The molecule has 3 N–H and O–H groups in total. The van der Waals surface area contributed by atoms with E-state index in [1.54, 1.807) is 17.1 Å². The fourth-order valence-corrected chi connectivity index (χ4v) is 2.02. The van der Waals surface area contributed by atoms with Crippen molar-refractivity contribution < 1.29 is 14.9 Å². The molecule has 3 unspecified atom stereocenters. The van der Waals surface area contributed by atoms with Gasteiger partial charge in [0.05, 0.1) is 5.56 Å². The molecule has 0 aromatic carbocycles. The molecule has 1 aliphatic heterocycles. The Balaban J connectivity index is 2.37. The molecule has 0 bridgehead atoms. The lowest BCUT2D eigenvalue weighted by atomic mass is 10.2. The quantitative estimate of drug-likeness (QED) is 0.672. The van der Waals surface area contributed by atoms with Crippen LogP contribution in [0.5, 0.6) is 0 Å². The second kappa shape index (κ2) is 6.31. The highest BCUT2D eigenvalue weighted by atomic mass is 79.9. The van der Waals surface area contributed by atoms with Crippen molar-refractivity contribution in [2.45, 2.75) is 25.0 Å². The minimum absolute atomic E-state index is 0.0670. The summed E-state index contributed by atoms with van der Waals surface area (Å²) in [4.78, 5) is 27.1. The number of aliphatic hydroxyl groups is 2. The number of aliphatic hydroxyl groups excluding tert-OH is 2. The molecule has 0 radical (unpaired) electrons. The topological polar surface area (TPSA) is 105 Å². The van der Waals surface area contributed by atoms with Crippen LogP contribution in [0.15, 0.2) is 32.9 Å². The van der Waals surface area contributed by atoms with Gasteiger partial charge in [-0.1, -0.05) is 28.1 Å². The van der Waals surface area contributed by atoms with E-state index in [1.165, 1.54) is 12.3 Å². The molecule has 1 aromatic rings. The monoisotopic (exact) mass is 344 g/mol. The summed E-state index contributed by atoms with van der Waals surface area (Å²) in [7, 11) is 0. The minimum atomic E-state index is -1.34.